The van der Waals surface area contributed by atoms with Gasteiger partial charge in [-0.25, -0.2) is 9.36 Å². The maximum Gasteiger partial charge on any atom is 0.527 e. The van der Waals surface area contributed by atoms with Crippen LogP contribution in [0.3, 0.4) is 0 Å². The molecule has 2 rings (SSSR count). The summed E-state index contributed by atoms with van der Waals surface area (Å²) in [6, 6.07) is 6.32. The minimum atomic E-state index is -4.85. The molecule has 0 amide bonds. The van der Waals surface area contributed by atoms with E-state index in [9.17, 15) is 9.36 Å². The van der Waals surface area contributed by atoms with Crippen LogP contribution in [0.2, 0.25) is 0 Å². The Morgan fingerprint density at radius 2 is 2.11 bits per heavy atom. The number of hydrogen-bond donors (Lipinski definition) is 4. The first-order valence-corrected chi connectivity index (χ1v) is 6.99. The number of carbonyl (C=O) groups is 1. The highest BCUT2D eigenvalue weighted by molar-refractivity contribution is 7.46. The van der Waals surface area contributed by atoms with Crippen LogP contribution in [0.4, 0.5) is 0 Å². The summed E-state index contributed by atoms with van der Waals surface area (Å²) in [6.45, 7) is 0. The Balaban J connectivity index is 2.13. The van der Waals surface area contributed by atoms with E-state index in [1.807, 2.05) is 24.3 Å². The van der Waals surface area contributed by atoms with Gasteiger partial charge in [-0.15, -0.1) is 0 Å². The summed E-state index contributed by atoms with van der Waals surface area (Å²) in [5.41, 5.74) is 7.25. The van der Waals surface area contributed by atoms with Gasteiger partial charge in [0.15, 0.2) is 0 Å². The molecule has 7 nitrogen and oxygen atoms in total. The lowest BCUT2D eigenvalue weighted by molar-refractivity contribution is -0.137. The van der Waals surface area contributed by atoms with Gasteiger partial charge in [0.25, 0.3) is 0 Å². The molecule has 0 fully saturated rings. The summed E-state index contributed by atoms with van der Waals surface area (Å²) >= 11 is 0. The molecule has 0 aliphatic heterocycles. The van der Waals surface area contributed by atoms with Crippen LogP contribution in [0, 0.1) is 0 Å². The van der Waals surface area contributed by atoms with Crippen molar-refractivity contribution in [3.8, 4) is 0 Å². The molecular formula is C11H13N2O5P. The van der Waals surface area contributed by atoms with Gasteiger partial charge in [-0.2, -0.15) is 0 Å². The molecule has 1 heterocycles. The van der Waals surface area contributed by atoms with E-state index in [0.29, 0.717) is 0 Å². The van der Waals surface area contributed by atoms with Crippen LogP contribution in [0.5, 0.6) is 0 Å². The molecule has 19 heavy (non-hydrogen) atoms. The molecule has 1 aromatic heterocycles. The lowest BCUT2D eigenvalue weighted by Crippen LogP contribution is -2.33. The zero-order valence-electron chi connectivity index (χ0n) is 9.81. The average Bonchev–Trinajstić information content (AvgIpc) is 2.70. The zero-order valence-corrected chi connectivity index (χ0v) is 10.7. The van der Waals surface area contributed by atoms with Crippen molar-refractivity contribution in [3.63, 3.8) is 0 Å². The number of benzene rings is 1. The molecule has 0 saturated heterocycles. The molecule has 0 saturated carbocycles. The van der Waals surface area contributed by atoms with Crippen molar-refractivity contribution in [1.29, 1.82) is 0 Å². The number of aromatic amines is 1. The van der Waals surface area contributed by atoms with Crippen molar-refractivity contribution in [2.45, 2.75) is 12.5 Å². The third-order valence-corrected chi connectivity index (χ3v) is 3.04. The molecular weight excluding hydrogens is 271 g/mol. The van der Waals surface area contributed by atoms with Gasteiger partial charge in [0.05, 0.1) is 0 Å². The van der Waals surface area contributed by atoms with Crippen molar-refractivity contribution in [2.24, 2.45) is 5.73 Å². The number of aromatic nitrogens is 1. The lowest BCUT2D eigenvalue weighted by Gasteiger charge is -2.11. The molecule has 0 bridgehead atoms. The van der Waals surface area contributed by atoms with Gasteiger partial charge in [0, 0.05) is 23.5 Å². The van der Waals surface area contributed by atoms with Gasteiger partial charge in [-0.1, -0.05) is 18.2 Å². The number of carbonyl (C=O) groups excluding carboxylic acids is 1. The molecule has 1 aromatic carbocycles. The standard InChI is InChI=1S/C11H13N2O5P/c12-9(11(14)18-19(15,16)17)5-7-6-13-10-4-2-1-3-8(7)10/h1-4,6,9,13H,5,12H2,(H2,15,16,17)/t9-/m0/s1. The molecule has 0 aliphatic carbocycles. The second kappa shape index (κ2) is 5.14. The smallest absolute Gasteiger partial charge is 0.369 e. The Morgan fingerprint density at radius 3 is 2.79 bits per heavy atom. The van der Waals surface area contributed by atoms with E-state index in [0.717, 1.165) is 16.5 Å². The summed E-state index contributed by atoms with van der Waals surface area (Å²) in [6.07, 6.45) is 1.83. The highest BCUT2D eigenvalue weighted by atomic mass is 31.2. The Labute approximate surface area is 108 Å². The zero-order chi connectivity index (χ0) is 14.0. The molecule has 5 N–H and O–H groups in total. The monoisotopic (exact) mass is 284 g/mol. The summed E-state index contributed by atoms with van der Waals surface area (Å²) in [4.78, 5) is 31.5. The van der Waals surface area contributed by atoms with E-state index >= 15 is 0 Å². The Bertz CT molecular complexity index is 647. The van der Waals surface area contributed by atoms with Crippen molar-refractivity contribution in [3.05, 3.63) is 36.0 Å². The Morgan fingerprint density at radius 1 is 1.42 bits per heavy atom. The quantitative estimate of drug-likeness (QED) is 0.611. The SMILES string of the molecule is N[C@@H](Cc1c[nH]c2ccccc12)C(=O)OP(=O)(O)O. The van der Waals surface area contributed by atoms with Crippen LogP contribution in [-0.4, -0.2) is 26.8 Å². The third-order valence-electron chi connectivity index (χ3n) is 2.63. The third kappa shape index (κ3) is 3.42. The molecule has 0 aliphatic rings. The highest BCUT2D eigenvalue weighted by Crippen LogP contribution is 2.36. The number of para-hydroxylation sites is 1. The summed E-state index contributed by atoms with van der Waals surface area (Å²) < 4.78 is 14.5. The topological polar surface area (TPSA) is 126 Å². The van der Waals surface area contributed by atoms with Crippen LogP contribution < -0.4 is 5.73 Å². The van der Waals surface area contributed by atoms with Crippen LogP contribution >= 0.6 is 7.82 Å². The number of nitrogens with one attached hydrogen (secondary N) is 1. The minimum Gasteiger partial charge on any atom is -0.369 e. The van der Waals surface area contributed by atoms with Crippen LogP contribution in [0.25, 0.3) is 10.9 Å². The number of phosphoric acid groups is 1. The fourth-order valence-electron chi connectivity index (χ4n) is 1.81. The summed E-state index contributed by atoms with van der Waals surface area (Å²) in [7, 11) is -4.85. The first-order valence-electron chi connectivity index (χ1n) is 5.46. The molecule has 8 heteroatoms. The van der Waals surface area contributed by atoms with Crippen molar-refractivity contribution >= 4 is 24.7 Å². The second-order valence-electron chi connectivity index (χ2n) is 4.07. The van der Waals surface area contributed by atoms with E-state index in [1.165, 1.54) is 0 Å². The lowest BCUT2D eigenvalue weighted by atomic mass is 10.1. The van der Waals surface area contributed by atoms with Gasteiger partial charge < -0.3 is 15.2 Å². The predicted octanol–water partition coefficient (Wildman–Crippen LogP) is 0.674. The number of rotatable bonds is 4. The van der Waals surface area contributed by atoms with E-state index in [-0.39, 0.29) is 6.42 Å². The molecule has 102 valence electrons. The van der Waals surface area contributed by atoms with E-state index in [2.05, 4.69) is 9.51 Å². The molecule has 0 radical (unpaired) electrons. The molecule has 2 aromatic rings. The predicted molar refractivity (Wildman–Crippen MR) is 68.1 cm³/mol. The minimum absolute atomic E-state index is 0.128. The van der Waals surface area contributed by atoms with Gasteiger partial charge in [-0.3, -0.25) is 9.79 Å². The number of fused-ring (bicyclic) bond motifs is 1. The first kappa shape index (κ1) is 13.8. The maximum absolute atomic E-state index is 11.4. The van der Waals surface area contributed by atoms with Crippen molar-refractivity contribution in [1.82, 2.24) is 4.98 Å². The van der Waals surface area contributed by atoms with E-state index in [1.54, 1.807) is 6.20 Å². The maximum atomic E-state index is 11.4. The molecule has 0 unspecified atom stereocenters. The number of H-pyrrole nitrogens is 1. The normalized spacial score (nSPS) is 13.4. The van der Waals surface area contributed by atoms with E-state index < -0.39 is 19.8 Å². The van der Waals surface area contributed by atoms with Crippen LogP contribution in [-0.2, 0) is 20.3 Å². The second-order valence-corrected chi connectivity index (χ2v) is 5.23. The highest BCUT2D eigenvalue weighted by Gasteiger charge is 2.26. The largest absolute Gasteiger partial charge is 0.527 e. The molecule has 0 spiro atoms. The van der Waals surface area contributed by atoms with Gasteiger partial charge >= 0.3 is 13.8 Å². The number of hydrogen-bond acceptors (Lipinski definition) is 4. The fraction of sp³-hybridized carbons (Fsp3) is 0.182. The van der Waals surface area contributed by atoms with Gasteiger partial charge in [-0.05, 0) is 11.6 Å². The fourth-order valence-corrected chi connectivity index (χ4v) is 2.18. The number of phosphoric ester groups is 1. The summed E-state index contributed by atoms with van der Waals surface area (Å²) in [5, 5.41) is 0.905. The number of nitrogens with two attached hydrogens (primary N) is 1. The van der Waals surface area contributed by atoms with Crippen molar-refractivity contribution < 1.29 is 23.7 Å². The van der Waals surface area contributed by atoms with Crippen molar-refractivity contribution in [2.75, 3.05) is 0 Å². The Kier molecular flexibility index (Phi) is 3.73. The Hall–Kier alpha value is -1.66. The van der Waals surface area contributed by atoms with Crippen LogP contribution in [0.15, 0.2) is 30.5 Å². The average molecular weight is 284 g/mol. The van der Waals surface area contributed by atoms with Crippen LogP contribution in [0.1, 0.15) is 5.56 Å². The van der Waals surface area contributed by atoms with Gasteiger partial charge in [0.2, 0.25) is 0 Å². The van der Waals surface area contributed by atoms with Gasteiger partial charge in [0.1, 0.15) is 6.04 Å². The molecule has 1 atom stereocenters. The summed E-state index contributed by atoms with van der Waals surface area (Å²) in [5.74, 6) is -1.13. The first-order chi connectivity index (χ1) is 8.87. The van der Waals surface area contributed by atoms with E-state index in [4.69, 9.17) is 15.5 Å².